The average molecular weight is 386 g/mol. The number of halogens is 1. The number of anilines is 1. The van der Waals surface area contributed by atoms with Gasteiger partial charge >= 0.3 is 0 Å². The summed E-state index contributed by atoms with van der Waals surface area (Å²) in [6, 6.07) is 11.3. The number of aromatic nitrogens is 1. The number of carbonyl (C=O) groups is 1. The number of benzene rings is 2. The number of hydrogen-bond donors (Lipinski definition) is 1. The molecule has 5 nitrogen and oxygen atoms in total. The maximum Gasteiger partial charge on any atom is 0.257 e. The highest BCUT2D eigenvalue weighted by molar-refractivity contribution is 7.15. The molecule has 0 radical (unpaired) electrons. The highest BCUT2D eigenvalue weighted by atomic mass is 32.1. The lowest BCUT2D eigenvalue weighted by molar-refractivity contribution is 0.102. The Morgan fingerprint density at radius 3 is 2.67 bits per heavy atom. The number of amides is 1. The van der Waals surface area contributed by atoms with Gasteiger partial charge in [0.25, 0.3) is 5.91 Å². The van der Waals surface area contributed by atoms with Gasteiger partial charge in [0.2, 0.25) is 0 Å². The summed E-state index contributed by atoms with van der Waals surface area (Å²) < 4.78 is 23.7. The molecule has 0 aliphatic heterocycles. The molecule has 0 aliphatic rings. The predicted molar refractivity (Wildman–Crippen MR) is 103 cm³/mol. The topological polar surface area (TPSA) is 60.5 Å². The van der Waals surface area contributed by atoms with Gasteiger partial charge in [-0.05, 0) is 42.8 Å². The Kier molecular flexibility index (Phi) is 6.03. The second-order valence-electron chi connectivity index (χ2n) is 5.69. The van der Waals surface area contributed by atoms with E-state index < -0.39 is 0 Å². The molecule has 2 aromatic carbocycles. The summed E-state index contributed by atoms with van der Waals surface area (Å²) in [5, 5.41) is 3.30. The second kappa shape index (κ2) is 8.64. The van der Waals surface area contributed by atoms with Crippen molar-refractivity contribution in [3.63, 3.8) is 0 Å². The van der Waals surface area contributed by atoms with E-state index in [1.165, 1.54) is 23.5 Å². The number of nitrogens with zero attached hydrogens (tertiary/aromatic N) is 1. The van der Waals surface area contributed by atoms with E-state index in [0.29, 0.717) is 35.2 Å². The van der Waals surface area contributed by atoms with Crippen LogP contribution in [0.5, 0.6) is 11.5 Å². The number of methoxy groups -OCH3 is 1. The lowest BCUT2D eigenvalue weighted by Crippen LogP contribution is -2.12. The van der Waals surface area contributed by atoms with Crippen molar-refractivity contribution in [2.24, 2.45) is 0 Å². The number of ether oxygens (including phenoxy) is 2. The Bertz CT molecular complexity index is 925. The third kappa shape index (κ3) is 4.83. The molecule has 0 aliphatic carbocycles. The van der Waals surface area contributed by atoms with Crippen molar-refractivity contribution >= 4 is 22.4 Å². The smallest absolute Gasteiger partial charge is 0.257 e. The molecule has 27 heavy (non-hydrogen) atoms. The first-order valence-corrected chi connectivity index (χ1v) is 9.22. The van der Waals surface area contributed by atoms with Gasteiger partial charge in [0.15, 0.2) is 16.6 Å². The SMILES string of the molecule is CCOc1cc(C(=O)Nc2ncc(Cc3ccc(F)cc3)s2)ccc1OC. The van der Waals surface area contributed by atoms with Crippen molar-refractivity contribution in [3.8, 4) is 11.5 Å². The van der Waals surface area contributed by atoms with Gasteiger partial charge in [-0.2, -0.15) is 0 Å². The largest absolute Gasteiger partial charge is 0.493 e. The van der Waals surface area contributed by atoms with Crippen LogP contribution in [0.3, 0.4) is 0 Å². The molecule has 1 heterocycles. The molecule has 0 fully saturated rings. The number of rotatable bonds is 7. The van der Waals surface area contributed by atoms with Gasteiger partial charge in [-0.15, -0.1) is 11.3 Å². The Morgan fingerprint density at radius 2 is 1.96 bits per heavy atom. The van der Waals surface area contributed by atoms with Crippen molar-refractivity contribution in [2.75, 3.05) is 19.0 Å². The number of hydrogen-bond acceptors (Lipinski definition) is 5. The summed E-state index contributed by atoms with van der Waals surface area (Å²) in [4.78, 5) is 17.7. The van der Waals surface area contributed by atoms with Crippen LogP contribution in [0.1, 0.15) is 27.7 Å². The van der Waals surface area contributed by atoms with Crippen LogP contribution >= 0.6 is 11.3 Å². The molecule has 1 aromatic heterocycles. The van der Waals surface area contributed by atoms with Gasteiger partial charge in [-0.3, -0.25) is 10.1 Å². The summed E-state index contributed by atoms with van der Waals surface area (Å²) in [5.74, 6) is 0.552. The van der Waals surface area contributed by atoms with Crippen molar-refractivity contribution < 1.29 is 18.7 Å². The van der Waals surface area contributed by atoms with Gasteiger partial charge in [0.05, 0.1) is 13.7 Å². The minimum absolute atomic E-state index is 0.262. The monoisotopic (exact) mass is 386 g/mol. The number of nitrogens with one attached hydrogen (secondary N) is 1. The van der Waals surface area contributed by atoms with E-state index in [1.54, 1.807) is 43.6 Å². The Labute approximate surface area is 160 Å². The summed E-state index contributed by atoms with van der Waals surface area (Å²) in [6.07, 6.45) is 2.34. The molecule has 0 bridgehead atoms. The van der Waals surface area contributed by atoms with Gasteiger partial charge in [-0.25, -0.2) is 9.37 Å². The molecule has 0 spiro atoms. The summed E-state index contributed by atoms with van der Waals surface area (Å²) >= 11 is 1.38. The van der Waals surface area contributed by atoms with Crippen molar-refractivity contribution in [2.45, 2.75) is 13.3 Å². The molecular formula is C20H19FN2O3S. The molecule has 1 amide bonds. The summed E-state index contributed by atoms with van der Waals surface area (Å²) in [5.41, 5.74) is 1.43. The molecule has 0 saturated carbocycles. The Morgan fingerprint density at radius 1 is 1.19 bits per heavy atom. The zero-order chi connectivity index (χ0) is 19.2. The predicted octanol–water partition coefficient (Wildman–Crippen LogP) is 4.53. The van der Waals surface area contributed by atoms with E-state index in [0.717, 1.165) is 10.4 Å². The fraction of sp³-hybridized carbons (Fsp3) is 0.200. The maximum atomic E-state index is 13.0. The highest BCUT2D eigenvalue weighted by Gasteiger charge is 2.13. The maximum absolute atomic E-state index is 13.0. The van der Waals surface area contributed by atoms with Crippen molar-refractivity contribution in [1.29, 1.82) is 0 Å². The first kappa shape index (κ1) is 18.8. The summed E-state index contributed by atoms with van der Waals surface area (Å²) in [6.45, 7) is 2.34. The molecule has 0 unspecified atom stereocenters. The lowest BCUT2D eigenvalue weighted by Gasteiger charge is -2.10. The Balaban J connectivity index is 1.68. The fourth-order valence-electron chi connectivity index (χ4n) is 2.51. The molecule has 0 atom stereocenters. The minimum Gasteiger partial charge on any atom is -0.493 e. The van der Waals surface area contributed by atoms with E-state index in [-0.39, 0.29) is 11.7 Å². The molecular weight excluding hydrogens is 367 g/mol. The van der Waals surface area contributed by atoms with E-state index >= 15 is 0 Å². The fourth-order valence-corrected chi connectivity index (χ4v) is 3.35. The van der Waals surface area contributed by atoms with Gasteiger partial charge in [0.1, 0.15) is 5.82 Å². The van der Waals surface area contributed by atoms with Crippen LogP contribution in [-0.4, -0.2) is 24.6 Å². The Hall–Kier alpha value is -2.93. The molecule has 0 saturated heterocycles. The van der Waals surface area contributed by atoms with E-state index in [4.69, 9.17) is 9.47 Å². The number of carbonyl (C=O) groups excluding carboxylic acids is 1. The quantitative estimate of drug-likeness (QED) is 0.648. The van der Waals surface area contributed by atoms with E-state index in [9.17, 15) is 9.18 Å². The van der Waals surface area contributed by atoms with Gasteiger partial charge in [-0.1, -0.05) is 12.1 Å². The molecule has 140 valence electrons. The molecule has 3 aromatic rings. The third-order valence-electron chi connectivity index (χ3n) is 3.79. The first-order chi connectivity index (χ1) is 13.1. The van der Waals surface area contributed by atoms with Crippen LogP contribution in [-0.2, 0) is 6.42 Å². The van der Waals surface area contributed by atoms with Crippen LogP contribution in [0.2, 0.25) is 0 Å². The van der Waals surface area contributed by atoms with Crippen LogP contribution in [0.15, 0.2) is 48.7 Å². The van der Waals surface area contributed by atoms with Crippen LogP contribution in [0.25, 0.3) is 0 Å². The van der Waals surface area contributed by atoms with E-state index in [2.05, 4.69) is 10.3 Å². The van der Waals surface area contributed by atoms with E-state index in [1.807, 2.05) is 6.92 Å². The molecule has 3 rings (SSSR count). The van der Waals surface area contributed by atoms with Gasteiger partial charge < -0.3 is 9.47 Å². The normalized spacial score (nSPS) is 10.5. The van der Waals surface area contributed by atoms with Crippen LogP contribution < -0.4 is 14.8 Å². The van der Waals surface area contributed by atoms with Crippen LogP contribution in [0.4, 0.5) is 9.52 Å². The number of thiazole rings is 1. The zero-order valence-corrected chi connectivity index (χ0v) is 15.8. The van der Waals surface area contributed by atoms with Crippen molar-refractivity contribution in [1.82, 2.24) is 4.98 Å². The van der Waals surface area contributed by atoms with Crippen LogP contribution in [0, 0.1) is 5.82 Å². The molecule has 1 N–H and O–H groups in total. The summed E-state index contributed by atoms with van der Waals surface area (Å²) in [7, 11) is 1.55. The standard InChI is InChI=1S/C20H19FN2O3S/c1-3-26-18-11-14(6-9-17(18)25-2)19(24)23-20-22-12-16(27-20)10-13-4-7-15(21)8-5-13/h4-9,11-12H,3,10H2,1-2H3,(H,22,23,24). The zero-order valence-electron chi connectivity index (χ0n) is 15.0. The first-order valence-electron chi connectivity index (χ1n) is 8.40. The molecule has 7 heteroatoms. The minimum atomic E-state index is -0.277. The highest BCUT2D eigenvalue weighted by Crippen LogP contribution is 2.29. The average Bonchev–Trinajstić information content (AvgIpc) is 3.10. The third-order valence-corrected chi connectivity index (χ3v) is 4.70. The lowest BCUT2D eigenvalue weighted by atomic mass is 10.1. The van der Waals surface area contributed by atoms with Gasteiger partial charge in [0, 0.05) is 23.1 Å². The van der Waals surface area contributed by atoms with Crippen molar-refractivity contribution in [3.05, 3.63) is 70.5 Å². The second-order valence-corrected chi connectivity index (χ2v) is 6.80.